The molecule has 0 radical (unpaired) electrons. The van der Waals surface area contributed by atoms with Crippen molar-refractivity contribution >= 4 is 49.0 Å². The topological polar surface area (TPSA) is 143 Å². The molecule has 37 heavy (non-hydrogen) atoms. The second kappa shape index (κ2) is 10.2. The van der Waals surface area contributed by atoms with Gasteiger partial charge in [0.25, 0.3) is 0 Å². The molecule has 1 atom stereocenters. The van der Waals surface area contributed by atoms with Gasteiger partial charge in [-0.15, -0.1) is 11.3 Å². The van der Waals surface area contributed by atoms with Gasteiger partial charge in [0.2, 0.25) is 16.0 Å². The largest absolute Gasteiger partial charge is 0.368 e. The number of pyridine rings is 1. The van der Waals surface area contributed by atoms with Crippen LogP contribution in [0.15, 0.2) is 36.0 Å². The molecule has 3 aromatic heterocycles. The highest BCUT2D eigenvalue weighted by Crippen LogP contribution is 2.30. The molecule has 0 saturated carbocycles. The summed E-state index contributed by atoms with van der Waals surface area (Å²) in [5, 5.41) is 3.39. The summed E-state index contributed by atoms with van der Waals surface area (Å²) in [4.78, 5) is 24.4. The average molecular weight is 540 g/mol. The van der Waals surface area contributed by atoms with E-state index < -0.39 is 10.0 Å². The summed E-state index contributed by atoms with van der Waals surface area (Å²) < 4.78 is 26.5. The monoisotopic (exact) mass is 539 g/mol. The first-order chi connectivity index (χ1) is 17.7. The van der Waals surface area contributed by atoms with Crippen molar-refractivity contribution < 1.29 is 8.42 Å². The van der Waals surface area contributed by atoms with Gasteiger partial charge in [-0.2, -0.15) is 14.3 Å². The third kappa shape index (κ3) is 5.85. The van der Waals surface area contributed by atoms with Gasteiger partial charge in [0.1, 0.15) is 11.6 Å². The van der Waals surface area contributed by atoms with Gasteiger partial charge in [0.05, 0.1) is 27.5 Å². The number of thiazole rings is 1. The fourth-order valence-electron chi connectivity index (χ4n) is 4.48. The lowest BCUT2D eigenvalue weighted by molar-refractivity contribution is 0.131. The van der Waals surface area contributed by atoms with E-state index in [1.165, 1.54) is 6.26 Å². The van der Waals surface area contributed by atoms with Crippen LogP contribution in [0.3, 0.4) is 0 Å². The Kier molecular flexibility index (Phi) is 7.03. The van der Waals surface area contributed by atoms with Crippen LogP contribution < -0.4 is 11.1 Å². The number of fused-ring (bicyclic) bond motifs is 1. The number of benzene rings is 1. The lowest BCUT2D eigenvalue weighted by Crippen LogP contribution is -2.53. The highest BCUT2D eigenvalue weighted by atomic mass is 32.2. The highest BCUT2D eigenvalue weighted by Gasteiger charge is 2.28. The number of piperazine rings is 1. The molecular weight excluding hydrogens is 510 g/mol. The van der Waals surface area contributed by atoms with Crippen LogP contribution >= 0.6 is 11.3 Å². The average Bonchev–Trinajstić information content (AvgIpc) is 3.31. The van der Waals surface area contributed by atoms with Gasteiger partial charge < -0.3 is 11.1 Å². The van der Waals surface area contributed by atoms with Crippen molar-refractivity contribution in [2.45, 2.75) is 26.3 Å². The van der Waals surface area contributed by atoms with Crippen molar-refractivity contribution in [1.29, 1.82) is 0 Å². The maximum atomic E-state index is 11.9. The SMILES string of the molecule is Cc1nc(N)nc(-c2cc(CCN3CCN(S(C)(=O)=O)CC3C)cnc2Nc2ccc3scnc3c2)n1. The molecule has 3 N–H and O–H groups in total. The molecular formula is C24H29N9O2S2. The molecule has 1 unspecified atom stereocenters. The zero-order valence-corrected chi connectivity index (χ0v) is 22.6. The van der Waals surface area contributed by atoms with Crippen LogP contribution in [0.4, 0.5) is 17.5 Å². The second-order valence-electron chi connectivity index (χ2n) is 9.22. The first-order valence-electron chi connectivity index (χ1n) is 11.9. The van der Waals surface area contributed by atoms with E-state index in [-0.39, 0.29) is 12.0 Å². The van der Waals surface area contributed by atoms with Crippen molar-refractivity contribution in [1.82, 2.24) is 34.1 Å². The number of nitrogen functional groups attached to an aromatic ring is 1. The van der Waals surface area contributed by atoms with Crippen molar-refractivity contribution in [3.63, 3.8) is 0 Å². The van der Waals surface area contributed by atoms with Crippen molar-refractivity contribution in [3.05, 3.63) is 47.4 Å². The Hall–Kier alpha value is -3.26. The number of hydrogen-bond donors (Lipinski definition) is 2. The van der Waals surface area contributed by atoms with E-state index in [2.05, 4.69) is 37.1 Å². The molecule has 1 saturated heterocycles. The lowest BCUT2D eigenvalue weighted by Gasteiger charge is -2.38. The Bertz CT molecular complexity index is 1520. The van der Waals surface area contributed by atoms with Crippen molar-refractivity contribution in [2.24, 2.45) is 0 Å². The summed E-state index contributed by atoms with van der Waals surface area (Å²) >= 11 is 1.59. The smallest absolute Gasteiger partial charge is 0.223 e. The third-order valence-corrected chi connectivity index (χ3v) is 8.51. The molecule has 1 aromatic carbocycles. The van der Waals surface area contributed by atoms with Gasteiger partial charge in [-0.1, -0.05) is 0 Å². The van der Waals surface area contributed by atoms with Crippen LogP contribution in [-0.2, 0) is 16.4 Å². The van der Waals surface area contributed by atoms with Gasteiger partial charge >= 0.3 is 0 Å². The van der Waals surface area contributed by atoms with Crippen LogP contribution in [0.2, 0.25) is 0 Å². The van der Waals surface area contributed by atoms with Crippen LogP contribution in [0.1, 0.15) is 18.3 Å². The van der Waals surface area contributed by atoms with Crippen LogP contribution in [0.5, 0.6) is 0 Å². The minimum atomic E-state index is -3.18. The first kappa shape index (κ1) is 25.4. The molecule has 194 valence electrons. The Morgan fingerprint density at radius 3 is 2.76 bits per heavy atom. The number of aromatic nitrogens is 5. The van der Waals surface area contributed by atoms with Gasteiger partial charge in [-0.05, 0) is 50.1 Å². The van der Waals surface area contributed by atoms with Crippen molar-refractivity contribution in [3.8, 4) is 11.4 Å². The maximum Gasteiger partial charge on any atom is 0.223 e. The minimum Gasteiger partial charge on any atom is -0.368 e. The fourth-order valence-corrected chi connectivity index (χ4v) is 6.04. The van der Waals surface area contributed by atoms with Gasteiger partial charge in [-0.25, -0.2) is 23.4 Å². The quantitative estimate of drug-likeness (QED) is 0.360. The molecule has 1 aliphatic rings. The minimum absolute atomic E-state index is 0.128. The molecule has 0 spiro atoms. The number of nitrogens with zero attached hydrogens (tertiary/aromatic N) is 7. The summed E-state index contributed by atoms with van der Waals surface area (Å²) in [5.74, 6) is 1.74. The molecule has 4 heterocycles. The van der Waals surface area contributed by atoms with E-state index in [4.69, 9.17) is 10.7 Å². The Morgan fingerprint density at radius 2 is 2.00 bits per heavy atom. The second-order valence-corrected chi connectivity index (χ2v) is 12.1. The highest BCUT2D eigenvalue weighted by molar-refractivity contribution is 7.88. The zero-order valence-electron chi connectivity index (χ0n) is 20.9. The third-order valence-electron chi connectivity index (χ3n) is 6.43. The maximum absolute atomic E-state index is 11.9. The summed E-state index contributed by atoms with van der Waals surface area (Å²) in [6.07, 6.45) is 3.86. The number of anilines is 3. The number of aryl methyl sites for hydroxylation is 1. The van der Waals surface area contributed by atoms with Crippen LogP contribution in [0, 0.1) is 6.92 Å². The number of nitrogens with two attached hydrogens (primary N) is 1. The fraction of sp³-hybridized carbons (Fsp3) is 0.375. The zero-order chi connectivity index (χ0) is 26.2. The van der Waals surface area contributed by atoms with Gasteiger partial charge in [-0.3, -0.25) is 4.90 Å². The first-order valence-corrected chi connectivity index (χ1v) is 14.7. The van der Waals surface area contributed by atoms with Crippen LogP contribution in [0.25, 0.3) is 21.6 Å². The number of sulfonamides is 1. The van der Waals surface area contributed by atoms with E-state index in [0.717, 1.165) is 40.0 Å². The summed E-state index contributed by atoms with van der Waals surface area (Å²) in [5.41, 5.74) is 11.3. The van der Waals surface area contributed by atoms with Gasteiger partial charge in [0, 0.05) is 44.1 Å². The normalized spacial score (nSPS) is 17.3. The lowest BCUT2D eigenvalue weighted by atomic mass is 10.1. The number of nitrogens with one attached hydrogen (secondary N) is 1. The molecule has 1 aliphatic heterocycles. The van der Waals surface area contributed by atoms with E-state index in [1.807, 2.05) is 36.0 Å². The predicted molar refractivity (Wildman–Crippen MR) is 146 cm³/mol. The Labute approximate surface area is 219 Å². The Balaban J connectivity index is 1.39. The van der Waals surface area contributed by atoms with E-state index in [1.54, 1.807) is 22.6 Å². The van der Waals surface area contributed by atoms with Crippen molar-refractivity contribution in [2.75, 3.05) is 43.5 Å². The number of rotatable bonds is 7. The van der Waals surface area contributed by atoms with Crippen LogP contribution in [-0.4, -0.2) is 81.0 Å². The molecule has 11 nitrogen and oxygen atoms in total. The predicted octanol–water partition coefficient (Wildman–Crippen LogP) is 2.69. The summed E-state index contributed by atoms with van der Waals surface area (Å²) in [7, 11) is -3.18. The van der Waals surface area contributed by atoms with E-state index >= 15 is 0 Å². The molecule has 4 aromatic rings. The molecule has 13 heteroatoms. The number of hydrogen-bond acceptors (Lipinski definition) is 11. The van der Waals surface area contributed by atoms with E-state index in [0.29, 0.717) is 37.1 Å². The standard InChI is InChI=1S/C24H29N9O2S2/c1-15-13-33(37(3,34)35)9-8-32(15)7-6-17-10-19(23-28-16(2)29-24(25)31-23)22(26-12-17)30-18-4-5-21-20(11-18)27-14-36-21/h4-5,10-12,14-15H,6-9,13H2,1-3H3,(H,26,30)(H2,25,28,29,31). The molecule has 0 aliphatic carbocycles. The molecule has 1 fully saturated rings. The van der Waals surface area contributed by atoms with Gasteiger partial charge in [0.15, 0.2) is 5.82 Å². The van der Waals surface area contributed by atoms with E-state index in [9.17, 15) is 8.42 Å². The molecule has 0 bridgehead atoms. The Morgan fingerprint density at radius 1 is 1.16 bits per heavy atom. The molecule has 5 rings (SSSR count). The molecule has 0 amide bonds. The summed E-state index contributed by atoms with van der Waals surface area (Å²) in [6.45, 7) is 6.31. The summed E-state index contributed by atoms with van der Waals surface area (Å²) in [6, 6.07) is 8.16.